The Morgan fingerprint density at radius 1 is 0.962 bits per heavy atom. The molecule has 0 heterocycles. The topological polar surface area (TPSA) is 57.7 Å². The van der Waals surface area contributed by atoms with E-state index in [0.717, 1.165) is 9.87 Å². The molecule has 5 nitrogen and oxygen atoms in total. The molecule has 0 radical (unpaired) electrons. The van der Waals surface area contributed by atoms with Crippen LogP contribution in [0.15, 0.2) is 53.4 Å². The van der Waals surface area contributed by atoms with E-state index in [2.05, 4.69) is 0 Å². The Morgan fingerprint density at radius 3 is 2.00 bits per heavy atom. The second kappa shape index (κ2) is 8.56. The summed E-state index contributed by atoms with van der Waals surface area (Å²) in [7, 11) is -3.90. The molecule has 7 heteroatoms. The van der Waals surface area contributed by atoms with Gasteiger partial charge in [-0.25, -0.2) is 8.42 Å². The van der Waals surface area contributed by atoms with Crippen LogP contribution in [-0.4, -0.2) is 38.9 Å². The molecule has 0 saturated heterocycles. The fourth-order valence-electron chi connectivity index (χ4n) is 2.56. The molecule has 1 amide bonds. The van der Waals surface area contributed by atoms with Gasteiger partial charge in [0.1, 0.15) is 6.54 Å². The number of aryl methyl sites for hydroxylation is 1. The van der Waals surface area contributed by atoms with Crippen LogP contribution in [0.5, 0.6) is 0 Å². The third-order valence-corrected chi connectivity index (χ3v) is 6.16. The number of amides is 1. The predicted molar refractivity (Wildman–Crippen MR) is 105 cm³/mol. The van der Waals surface area contributed by atoms with E-state index in [1.54, 1.807) is 17.0 Å². The summed E-state index contributed by atoms with van der Waals surface area (Å²) >= 11 is 5.87. The molecule has 0 bridgehead atoms. The highest BCUT2D eigenvalue weighted by Gasteiger charge is 2.28. The maximum absolute atomic E-state index is 13.2. The minimum Gasteiger partial charge on any atom is -0.342 e. The molecule has 26 heavy (non-hydrogen) atoms. The minimum absolute atomic E-state index is 0.0924. The number of anilines is 1. The van der Waals surface area contributed by atoms with Crippen LogP contribution in [0.25, 0.3) is 0 Å². The zero-order valence-corrected chi connectivity index (χ0v) is 16.7. The number of halogens is 1. The van der Waals surface area contributed by atoms with Crippen LogP contribution in [0, 0.1) is 6.92 Å². The summed E-state index contributed by atoms with van der Waals surface area (Å²) in [5, 5.41) is 0.449. The van der Waals surface area contributed by atoms with Gasteiger partial charge in [0.05, 0.1) is 10.6 Å². The molecule has 0 aliphatic rings. The van der Waals surface area contributed by atoms with Crippen LogP contribution in [-0.2, 0) is 14.8 Å². The van der Waals surface area contributed by atoms with Crippen molar-refractivity contribution in [2.45, 2.75) is 25.7 Å². The van der Waals surface area contributed by atoms with Crippen molar-refractivity contribution in [3.63, 3.8) is 0 Å². The summed E-state index contributed by atoms with van der Waals surface area (Å²) in [4.78, 5) is 14.3. The summed E-state index contributed by atoms with van der Waals surface area (Å²) in [5.74, 6) is -0.242. The number of sulfonamides is 1. The van der Waals surface area contributed by atoms with Crippen molar-refractivity contribution in [3.05, 3.63) is 59.1 Å². The lowest BCUT2D eigenvalue weighted by molar-refractivity contribution is -0.129. The molecule has 0 atom stereocenters. The van der Waals surface area contributed by atoms with Gasteiger partial charge in [0, 0.05) is 18.1 Å². The summed E-state index contributed by atoms with van der Waals surface area (Å²) in [6.45, 7) is 6.45. The maximum Gasteiger partial charge on any atom is 0.264 e. The third kappa shape index (κ3) is 4.56. The highest BCUT2D eigenvalue weighted by atomic mass is 35.5. The smallest absolute Gasteiger partial charge is 0.264 e. The van der Waals surface area contributed by atoms with Crippen molar-refractivity contribution in [2.24, 2.45) is 0 Å². The van der Waals surface area contributed by atoms with Crippen LogP contribution >= 0.6 is 11.6 Å². The van der Waals surface area contributed by atoms with E-state index < -0.39 is 10.0 Å². The molecule has 2 rings (SSSR count). The number of benzene rings is 2. The van der Waals surface area contributed by atoms with E-state index in [0.29, 0.717) is 23.8 Å². The van der Waals surface area contributed by atoms with Crippen LogP contribution in [0.2, 0.25) is 5.02 Å². The second-order valence-electron chi connectivity index (χ2n) is 5.87. The molecule has 0 unspecified atom stereocenters. The van der Waals surface area contributed by atoms with E-state index in [1.807, 2.05) is 32.9 Å². The molecular weight excluding hydrogens is 372 g/mol. The summed E-state index contributed by atoms with van der Waals surface area (Å²) in [6, 6.07) is 13.0. The molecule has 0 N–H and O–H groups in total. The lowest BCUT2D eigenvalue weighted by Crippen LogP contribution is -2.43. The van der Waals surface area contributed by atoms with Crippen molar-refractivity contribution >= 4 is 33.2 Å². The van der Waals surface area contributed by atoms with E-state index in [9.17, 15) is 13.2 Å². The van der Waals surface area contributed by atoms with Crippen LogP contribution in [0.4, 0.5) is 5.69 Å². The zero-order chi connectivity index (χ0) is 19.3. The zero-order valence-electron chi connectivity index (χ0n) is 15.1. The third-order valence-electron chi connectivity index (χ3n) is 4.12. The molecule has 0 saturated carbocycles. The molecule has 0 aliphatic carbocycles. The molecule has 2 aromatic rings. The van der Waals surface area contributed by atoms with Crippen LogP contribution < -0.4 is 4.31 Å². The SMILES string of the molecule is CCN(CC)C(=O)CN(c1ccc(C)cc1)S(=O)(=O)c1ccc(Cl)cc1. The Bertz CT molecular complexity index is 845. The number of carbonyl (C=O) groups excluding carboxylic acids is 1. The van der Waals surface area contributed by atoms with Crippen molar-refractivity contribution in [1.82, 2.24) is 4.90 Å². The highest BCUT2D eigenvalue weighted by Crippen LogP contribution is 2.25. The van der Waals surface area contributed by atoms with Gasteiger partial charge >= 0.3 is 0 Å². The number of hydrogen-bond donors (Lipinski definition) is 0. The first-order valence-corrected chi connectivity index (χ1v) is 10.2. The maximum atomic E-state index is 13.2. The first kappa shape index (κ1) is 20.3. The number of likely N-dealkylation sites (N-methyl/N-ethyl adjacent to an activating group) is 1. The van der Waals surface area contributed by atoms with Gasteiger partial charge in [-0.1, -0.05) is 29.3 Å². The Labute approximate surface area is 160 Å². The van der Waals surface area contributed by atoms with E-state index in [-0.39, 0.29) is 17.3 Å². The fourth-order valence-corrected chi connectivity index (χ4v) is 4.10. The van der Waals surface area contributed by atoms with Crippen LogP contribution in [0.3, 0.4) is 0 Å². The highest BCUT2D eigenvalue weighted by molar-refractivity contribution is 7.92. The molecule has 0 spiro atoms. The molecule has 2 aromatic carbocycles. The number of hydrogen-bond acceptors (Lipinski definition) is 3. The second-order valence-corrected chi connectivity index (χ2v) is 8.17. The van der Waals surface area contributed by atoms with Gasteiger partial charge in [0.25, 0.3) is 10.0 Å². The van der Waals surface area contributed by atoms with Crippen molar-refractivity contribution in [3.8, 4) is 0 Å². The molecule has 0 fully saturated rings. The number of rotatable bonds is 7. The first-order valence-electron chi connectivity index (χ1n) is 8.42. The van der Waals surface area contributed by atoms with E-state index in [1.165, 1.54) is 24.3 Å². The van der Waals surface area contributed by atoms with Gasteiger partial charge in [-0.2, -0.15) is 0 Å². The van der Waals surface area contributed by atoms with Gasteiger partial charge in [-0.3, -0.25) is 9.10 Å². The monoisotopic (exact) mass is 394 g/mol. The standard InChI is InChI=1S/C19H23ClN2O3S/c1-4-21(5-2)19(23)14-22(17-10-6-15(3)7-11-17)26(24,25)18-12-8-16(20)9-13-18/h6-13H,4-5,14H2,1-3H3. The Kier molecular flexibility index (Phi) is 6.67. The minimum atomic E-state index is -3.90. The number of nitrogens with zero attached hydrogens (tertiary/aromatic N) is 2. The molecule has 140 valence electrons. The fraction of sp³-hybridized carbons (Fsp3) is 0.316. The number of carbonyl (C=O) groups is 1. The Hall–Kier alpha value is -2.05. The van der Waals surface area contributed by atoms with Gasteiger partial charge < -0.3 is 4.90 Å². The van der Waals surface area contributed by atoms with Crippen molar-refractivity contribution in [1.29, 1.82) is 0 Å². The normalized spacial score (nSPS) is 11.2. The molecular formula is C19H23ClN2O3S. The lowest BCUT2D eigenvalue weighted by Gasteiger charge is -2.27. The van der Waals surface area contributed by atoms with Gasteiger partial charge in [0.2, 0.25) is 5.91 Å². The Balaban J connectivity index is 2.47. The average molecular weight is 395 g/mol. The van der Waals surface area contributed by atoms with Gasteiger partial charge in [0.15, 0.2) is 0 Å². The van der Waals surface area contributed by atoms with Gasteiger partial charge in [-0.05, 0) is 57.2 Å². The predicted octanol–water partition coefficient (Wildman–Crippen LogP) is 3.71. The summed E-state index contributed by atoms with van der Waals surface area (Å²) < 4.78 is 27.5. The largest absolute Gasteiger partial charge is 0.342 e. The van der Waals surface area contributed by atoms with E-state index in [4.69, 9.17) is 11.6 Å². The molecule has 0 aliphatic heterocycles. The summed E-state index contributed by atoms with van der Waals surface area (Å²) in [6.07, 6.45) is 0. The quantitative estimate of drug-likeness (QED) is 0.719. The van der Waals surface area contributed by atoms with Crippen molar-refractivity contribution in [2.75, 3.05) is 23.9 Å². The van der Waals surface area contributed by atoms with Gasteiger partial charge in [-0.15, -0.1) is 0 Å². The Morgan fingerprint density at radius 2 is 1.50 bits per heavy atom. The average Bonchev–Trinajstić information content (AvgIpc) is 2.62. The summed E-state index contributed by atoms with van der Waals surface area (Å²) in [5.41, 5.74) is 1.46. The first-order chi connectivity index (χ1) is 12.3. The van der Waals surface area contributed by atoms with E-state index >= 15 is 0 Å². The lowest BCUT2D eigenvalue weighted by atomic mass is 10.2. The van der Waals surface area contributed by atoms with Crippen molar-refractivity contribution < 1.29 is 13.2 Å². The van der Waals surface area contributed by atoms with Crippen LogP contribution in [0.1, 0.15) is 19.4 Å². The molecule has 0 aromatic heterocycles.